The van der Waals surface area contributed by atoms with Crippen molar-refractivity contribution in [3.63, 3.8) is 0 Å². The van der Waals surface area contributed by atoms with Crippen LogP contribution in [0, 0.1) is 6.92 Å². The van der Waals surface area contributed by atoms with Crippen LogP contribution in [-0.4, -0.2) is 0 Å². The van der Waals surface area contributed by atoms with Gasteiger partial charge < -0.3 is 0 Å². The number of hydrogen-bond acceptors (Lipinski definition) is 3. The average molecular weight is 339 g/mol. The molecule has 0 saturated carbocycles. The van der Waals surface area contributed by atoms with Gasteiger partial charge in [0.1, 0.15) is 0 Å². The summed E-state index contributed by atoms with van der Waals surface area (Å²) in [5.74, 6) is 0. The summed E-state index contributed by atoms with van der Waals surface area (Å²) >= 11 is 5.61. The summed E-state index contributed by atoms with van der Waals surface area (Å²) in [6.45, 7) is 2.16. The molecule has 22 heavy (non-hydrogen) atoms. The van der Waals surface area contributed by atoms with Gasteiger partial charge in [0, 0.05) is 29.3 Å². The average Bonchev–Trinajstić information content (AvgIpc) is 3.27. The van der Waals surface area contributed by atoms with E-state index in [-0.39, 0.29) is 0 Å². The topological polar surface area (TPSA) is 0 Å². The van der Waals surface area contributed by atoms with Crippen LogP contribution < -0.4 is 0 Å². The molecule has 3 heteroatoms. The van der Waals surface area contributed by atoms with Gasteiger partial charge >= 0.3 is 0 Å². The maximum atomic E-state index is 2.25. The molecule has 0 N–H and O–H groups in total. The highest BCUT2D eigenvalue weighted by Gasteiger charge is 2.09. The summed E-state index contributed by atoms with van der Waals surface area (Å²) < 4.78 is 0. The molecule has 0 radical (unpaired) electrons. The van der Waals surface area contributed by atoms with Crippen LogP contribution in [0.3, 0.4) is 0 Å². The fourth-order valence-corrected chi connectivity index (χ4v) is 5.46. The predicted molar refractivity (Wildman–Crippen MR) is 101 cm³/mol. The van der Waals surface area contributed by atoms with Crippen molar-refractivity contribution in [2.75, 3.05) is 0 Å². The van der Waals surface area contributed by atoms with E-state index < -0.39 is 0 Å². The monoisotopic (exact) mass is 338 g/mol. The van der Waals surface area contributed by atoms with Crippen molar-refractivity contribution in [3.8, 4) is 29.9 Å². The summed E-state index contributed by atoms with van der Waals surface area (Å²) in [6, 6.07) is 24.0. The minimum absolute atomic E-state index is 1.30. The maximum Gasteiger partial charge on any atom is 0.0449 e. The second kappa shape index (κ2) is 5.84. The number of rotatable bonds is 3. The van der Waals surface area contributed by atoms with Gasteiger partial charge in [-0.05, 0) is 48.9 Å². The molecule has 108 valence electrons. The summed E-state index contributed by atoms with van der Waals surface area (Å²) in [7, 11) is 0. The first-order valence-corrected chi connectivity index (χ1v) is 9.57. The lowest BCUT2D eigenvalue weighted by Gasteiger charge is -1.95. The Morgan fingerprint density at radius 1 is 0.500 bits per heavy atom. The Hall–Kier alpha value is -1.68. The van der Waals surface area contributed by atoms with E-state index >= 15 is 0 Å². The molecule has 4 rings (SSSR count). The molecule has 0 aliphatic rings. The number of benzene rings is 1. The standard InChI is InChI=1S/C19H14S3/c1-13-7-8-16(20-13)17-11-12-19(22-17)18-10-9-15(21-18)14-5-3-2-4-6-14/h2-12H,1H3. The van der Waals surface area contributed by atoms with Crippen molar-refractivity contribution in [2.45, 2.75) is 6.92 Å². The lowest BCUT2D eigenvalue weighted by atomic mass is 10.2. The predicted octanol–water partition coefficient (Wildman–Crippen LogP) is 7.18. The molecule has 0 nitrogen and oxygen atoms in total. The quantitative estimate of drug-likeness (QED) is 0.371. The maximum absolute atomic E-state index is 2.25. The van der Waals surface area contributed by atoms with Gasteiger partial charge in [-0.3, -0.25) is 0 Å². The fraction of sp³-hybridized carbons (Fsp3) is 0.0526. The van der Waals surface area contributed by atoms with E-state index in [2.05, 4.69) is 73.7 Å². The van der Waals surface area contributed by atoms with Crippen molar-refractivity contribution in [1.29, 1.82) is 0 Å². The zero-order valence-corrected chi connectivity index (χ0v) is 14.5. The molecule has 0 unspecified atom stereocenters. The first kappa shape index (κ1) is 13.9. The number of aryl methyl sites for hydroxylation is 1. The van der Waals surface area contributed by atoms with Gasteiger partial charge in [0.2, 0.25) is 0 Å². The summed E-state index contributed by atoms with van der Waals surface area (Å²) in [5, 5.41) is 0. The third-order valence-electron chi connectivity index (χ3n) is 3.50. The van der Waals surface area contributed by atoms with Gasteiger partial charge in [-0.2, -0.15) is 0 Å². The Morgan fingerprint density at radius 3 is 1.59 bits per heavy atom. The molecule has 0 saturated heterocycles. The molecule has 0 aliphatic heterocycles. The van der Waals surface area contributed by atoms with Crippen LogP contribution in [0.5, 0.6) is 0 Å². The van der Waals surface area contributed by atoms with Gasteiger partial charge in [0.05, 0.1) is 0 Å². The van der Waals surface area contributed by atoms with Crippen LogP contribution in [0.4, 0.5) is 0 Å². The first-order valence-electron chi connectivity index (χ1n) is 7.12. The molecule has 1 aromatic carbocycles. The second-order valence-electron chi connectivity index (χ2n) is 5.10. The summed E-state index contributed by atoms with van der Waals surface area (Å²) in [4.78, 5) is 8.14. The first-order chi connectivity index (χ1) is 10.8. The highest BCUT2D eigenvalue weighted by atomic mass is 32.1. The van der Waals surface area contributed by atoms with E-state index in [9.17, 15) is 0 Å². The van der Waals surface area contributed by atoms with Crippen LogP contribution in [-0.2, 0) is 0 Å². The van der Waals surface area contributed by atoms with E-state index in [1.165, 1.54) is 34.8 Å². The van der Waals surface area contributed by atoms with Gasteiger partial charge in [0.25, 0.3) is 0 Å². The third-order valence-corrected chi connectivity index (χ3v) is 7.11. The highest BCUT2D eigenvalue weighted by Crippen LogP contribution is 2.41. The van der Waals surface area contributed by atoms with Crippen molar-refractivity contribution in [3.05, 3.63) is 71.6 Å². The van der Waals surface area contributed by atoms with E-state index in [0.717, 1.165) is 0 Å². The number of hydrogen-bond donors (Lipinski definition) is 0. The van der Waals surface area contributed by atoms with Crippen molar-refractivity contribution in [2.24, 2.45) is 0 Å². The Kier molecular flexibility index (Phi) is 3.70. The minimum atomic E-state index is 1.30. The Labute approximate surface area is 142 Å². The van der Waals surface area contributed by atoms with E-state index in [4.69, 9.17) is 0 Å². The van der Waals surface area contributed by atoms with Crippen molar-refractivity contribution >= 4 is 34.0 Å². The van der Waals surface area contributed by atoms with Crippen LogP contribution in [0.1, 0.15) is 4.88 Å². The van der Waals surface area contributed by atoms with Crippen LogP contribution in [0.2, 0.25) is 0 Å². The van der Waals surface area contributed by atoms with E-state index in [1.807, 2.05) is 34.0 Å². The molecule has 0 spiro atoms. The lowest BCUT2D eigenvalue weighted by Crippen LogP contribution is -1.67. The van der Waals surface area contributed by atoms with Gasteiger partial charge in [-0.15, -0.1) is 34.0 Å². The molecule has 0 fully saturated rings. The Balaban J connectivity index is 1.66. The van der Waals surface area contributed by atoms with E-state index in [1.54, 1.807) is 0 Å². The molecule has 0 bridgehead atoms. The zero-order valence-electron chi connectivity index (χ0n) is 12.1. The highest BCUT2D eigenvalue weighted by molar-refractivity contribution is 7.27. The van der Waals surface area contributed by atoms with Crippen LogP contribution in [0.25, 0.3) is 29.9 Å². The molecule has 3 aromatic heterocycles. The van der Waals surface area contributed by atoms with Crippen LogP contribution in [0.15, 0.2) is 66.7 Å². The summed E-state index contributed by atoms with van der Waals surface area (Å²) in [5.41, 5.74) is 1.30. The van der Waals surface area contributed by atoms with Gasteiger partial charge in [0.15, 0.2) is 0 Å². The molecule has 4 aromatic rings. The fourth-order valence-electron chi connectivity index (χ4n) is 2.40. The molecule has 0 amide bonds. The minimum Gasteiger partial charge on any atom is -0.140 e. The zero-order chi connectivity index (χ0) is 14.9. The summed E-state index contributed by atoms with van der Waals surface area (Å²) in [6.07, 6.45) is 0. The molecular formula is C19H14S3. The van der Waals surface area contributed by atoms with Gasteiger partial charge in [-0.1, -0.05) is 30.3 Å². The molecule has 3 heterocycles. The smallest absolute Gasteiger partial charge is 0.0449 e. The second-order valence-corrected chi connectivity index (χ2v) is 8.56. The normalized spacial score (nSPS) is 11.0. The van der Waals surface area contributed by atoms with Crippen LogP contribution >= 0.6 is 34.0 Å². The molecular weight excluding hydrogens is 324 g/mol. The van der Waals surface area contributed by atoms with E-state index in [0.29, 0.717) is 0 Å². The molecule has 0 aliphatic carbocycles. The third kappa shape index (κ3) is 2.68. The largest absolute Gasteiger partial charge is 0.140 e. The SMILES string of the molecule is Cc1ccc(-c2ccc(-c3ccc(-c4ccccc4)s3)s2)s1. The van der Waals surface area contributed by atoms with Gasteiger partial charge in [-0.25, -0.2) is 0 Å². The van der Waals surface area contributed by atoms with Crippen molar-refractivity contribution < 1.29 is 0 Å². The Morgan fingerprint density at radius 2 is 1.00 bits per heavy atom. The lowest BCUT2D eigenvalue weighted by molar-refractivity contribution is 1.64. The van der Waals surface area contributed by atoms with Crippen molar-refractivity contribution in [1.82, 2.24) is 0 Å². The molecule has 0 atom stereocenters. The Bertz CT molecular complexity index is 894. The number of thiophene rings is 3.